The van der Waals surface area contributed by atoms with Crippen molar-refractivity contribution in [3.8, 4) is 5.75 Å². The molecule has 0 unspecified atom stereocenters. The summed E-state index contributed by atoms with van der Waals surface area (Å²) in [5.41, 5.74) is 1.06. The van der Waals surface area contributed by atoms with Crippen molar-refractivity contribution < 1.29 is 9.53 Å². The molecule has 1 heterocycles. The summed E-state index contributed by atoms with van der Waals surface area (Å²) in [6.45, 7) is 6.06. The smallest absolute Gasteiger partial charge is 0.326 e. The number of nitrogens with one attached hydrogen (secondary N) is 2. The Balaban J connectivity index is 2.57. The number of aromatic nitrogens is 2. The van der Waals surface area contributed by atoms with E-state index in [1.54, 1.807) is 0 Å². The zero-order valence-electron chi connectivity index (χ0n) is 13.5. The average Bonchev–Trinajstić information content (AvgIpc) is 2.46. The second kappa shape index (κ2) is 6.51. The predicted molar refractivity (Wildman–Crippen MR) is 87.5 cm³/mol. The SMILES string of the molecule is CCN(C(=O)c1[nH]c(=O)[nH]c(=O)c1OC)c1cc(C)cc(C)c1. The molecule has 122 valence electrons. The molecule has 0 fully saturated rings. The molecule has 7 nitrogen and oxygen atoms in total. The number of hydrogen-bond donors (Lipinski definition) is 2. The average molecular weight is 317 g/mol. The van der Waals surface area contributed by atoms with Crippen LogP contribution in [0.25, 0.3) is 0 Å². The highest BCUT2D eigenvalue weighted by Gasteiger charge is 2.23. The maximum absolute atomic E-state index is 12.8. The Morgan fingerprint density at radius 1 is 1.13 bits per heavy atom. The fourth-order valence-electron chi connectivity index (χ4n) is 2.51. The molecule has 23 heavy (non-hydrogen) atoms. The Morgan fingerprint density at radius 2 is 1.74 bits per heavy atom. The van der Waals surface area contributed by atoms with Gasteiger partial charge in [-0.2, -0.15) is 0 Å². The Labute approximate surface area is 132 Å². The lowest BCUT2D eigenvalue weighted by atomic mass is 10.1. The summed E-state index contributed by atoms with van der Waals surface area (Å²) < 4.78 is 4.97. The largest absolute Gasteiger partial charge is 0.489 e. The fraction of sp³-hybridized carbons (Fsp3) is 0.312. The molecule has 0 atom stereocenters. The quantitative estimate of drug-likeness (QED) is 0.890. The first kappa shape index (κ1) is 16.5. The van der Waals surface area contributed by atoms with Crippen LogP contribution in [-0.2, 0) is 0 Å². The van der Waals surface area contributed by atoms with Gasteiger partial charge in [-0.3, -0.25) is 19.6 Å². The molecular weight excluding hydrogens is 298 g/mol. The highest BCUT2D eigenvalue weighted by Crippen LogP contribution is 2.21. The third kappa shape index (κ3) is 3.33. The van der Waals surface area contributed by atoms with E-state index in [1.807, 2.05) is 44.0 Å². The van der Waals surface area contributed by atoms with E-state index in [0.29, 0.717) is 12.2 Å². The fourth-order valence-corrected chi connectivity index (χ4v) is 2.51. The molecular formula is C16H19N3O4. The Hall–Kier alpha value is -2.83. The molecule has 0 aliphatic carbocycles. The first-order valence-corrected chi connectivity index (χ1v) is 7.18. The van der Waals surface area contributed by atoms with E-state index in [1.165, 1.54) is 12.0 Å². The summed E-state index contributed by atoms with van der Waals surface area (Å²) in [5.74, 6) is -0.713. The molecule has 0 radical (unpaired) electrons. The van der Waals surface area contributed by atoms with Crippen molar-refractivity contribution >= 4 is 11.6 Å². The number of H-pyrrole nitrogens is 2. The Kier molecular flexibility index (Phi) is 4.68. The van der Waals surface area contributed by atoms with Crippen molar-refractivity contribution in [3.05, 3.63) is 55.9 Å². The number of anilines is 1. The molecule has 1 aromatic heterocycles. The van der Waals surface area contributed by atoms with Gasteiger partial charge in [-0.1, -0.05) is 6.07 Å². The van der Waals surface area contributed by atoms with E-state index >= 15 is 0 Å². The minimum absolute atomic E-state index is 0.165. The number of aromatic amines is 2. The van der Waals surface area contributed by atoms with Crippen LogP contribution in [0.3, 0.4) is 0 Å². The van der Waals surface area contributed by atoms with E-state index in [-0.39, 0.29) is 11.4 Å². The number of hydrogen-bond acceptors (Lipinski definition) is 4. The zero-order chi connectivity index (χ0) is 17.1. The van der Waals surface area contributed by atoms with Crippen LogP contribution in [0.1, 0.15) is 28.5 Å². The lowest BCUT2D eigenvalue weighted by Crippen LogP contribution is -2.36. The number of methoxy groups -OCH3 is 1. The van der Waals surface area contributed by atoms with Crippen LogP contribution in [0.5, 0.6) is 5.75 Å². The molecule has 1 aromatic carbocycles. The third-order valence-electron chi connectivity index (χ3n) is 3.40. The summed E-state index contributed by atoms with van der Waals surface area (Å²) >= 11 is 0. The van der Waals surface area contributed by atoms with Gasteiger partial charge < -0.3 is 9.64 Å². The van der Waals surface area contributed by atoms with Crippen LogP contribution in [-0.4, -0.2) is 29.5 Å². The molecule has 2 rings (SSSR count). The maximum atomic E-state index is 12.8. The second-order valence-corrected chi connectivity index (χ2v) is 5.21. The van der Waals surface area contributed by atoms with E-state index in [4.69, 9.17) is 4.74 Å². The van der Waals surface area contributed by atoms with Gasteiger partial charge in [0.25, 0.3) is 11.5 Å². The normalized spacial score (nSPS) is 10.4. The molecule has 0 aliphatic rings. The maximum Gasteiger partial charge on any atom is 0.326 e. The van der Waals surface area contributed by atoms with Gasteiger partial charge >= 0.3 is 5.69 Å². The van der Waals surface area contributed by atoms with Gasteiger partial charge in [-0.15, -0.1) is 0 Å². The van der Waals surface area contributed by atoms with Crippen LogP contribution in [0.4, 0.5) is 5.69 Å². The summed E-state index contributed by atoms with van der Waals surface area (Å²) in [6, 6.07) is 5.73. The van der Waals surface area contributed by atoms with Crippen LogP contribution in [0.2, 0.25) is 0 Å². The number of nitrogens with zero attached hydrogens (tertiary/aromatic N) is 1. The molecule has 0 saturated heterocycles. The lowest BCUT2D eigenvalue weighted by molar-refractivity contribution is 0.0979. The highest BCUT2D eigenvalue weighted by atomic mass is 16.5. The standard InChI is InChI=1S/C16H19N3O4/c1-5-19(11-7-9(2)6-10(3)8-11)15(21)12-13(23-4)14(20)18-16(22)17-12/h6-8H,5H2,1-4H3,(H2,17,18,20,22). The number of carbonyl (C=O) groups excluding carboxylic acids is 1. The van der Waals surface area contributed by atoms with E-state index < -0.39 is 17.2 Å². The second-order valence-electron chi connectivity index (χ2n) is 5.21. The van der Waals surface area contributed by atoms with Crippen LogP contribution in [0.15, 0.2) is 27.8 Å². The Morgan fingerprint density at radius 3 is 2.26 bits per heavy atom. The summed E-state index contributed by atoms with van der Waals surface area (Å²) in [6.07, 6.45) is 0. The van der Waals surface area contributed by atoms with E-state index in [9.17, 15) is 14.4 Å². The summed E-state index contributed by atoms with van der Waals surface area (Å²) in [5, 5.41) is 0. The van der Waals surface area contributed by atoms with Gasteiger partial charge in [0.2, 0.25) is 5.75 Å². The molecule has 2 aromatic rings. The van der Waals surface area contributed by atoms with Crippen molar-refractivity contribution in [2.45, 2.75) is 20.8 Å². The van der Waals surface area contributed by atoms with Crippen molar-refractivity contribution in [1.82, 2.24) is 9.97 Å². The van der Waals surface area contributed by atoms with Gasteiger partial charge in [0.05, 0.1) is 7.11 Å². The molecule has 0 spiro atoms. The van der Waals surface area contributed by atoms with Gasteiger partial charge in [-0.25, -0.2) is 4.79 Å². The lowest BCUT2D eigenvalue weighted by Gasteiger charge is -2.22. The topological polar surface area (TPSA) is 95.3 Å². The predicted octanol–water partition coefficient (Wildman–Crippen LogP) is 1.36. The number of amides is 1. The third-order valence-corrected chi connectivity index (χ3v) is 3.40. The zero-order valence-corrected chi connectivity index (χ0v) is 13.5. The number of ether oxygens (including phenoxy) is 1. The van der Waals surface area contributed by atoms with Gasteiger partial charge in [-0.05, 0) is 44.0 Å². The van der Waals surface area contributed by atoms with Gasteiger partial charge in [0.15, 0.2) is 5.69 Å². The molecule has 0 saturated carbocycles. The van der Waals surface area contributed by atoms with Crippen LogP contribution < -0.4 is 20.9 Å². The highest BCUT2D eigenvalue weighted by molar-refractivity contribution is 6.06. The first-order valence-electron chi connectivity index (χ1n) is 7.18. The summed E-state index contributed by atoms with van der Waals surface area (Å²) in [4.78, 5) is 42.0. The minimum atomic E-state index is -0.754. The van der Waals surface area contributed by atoms with Crippen LogP contribution >= 0.6 is 0 Å². The first-order chi connectivity index (χ1) is 10.9. The number of aryl methyl sites for hydroxylation is 2. The molecule has 0 bridgehead atoms. The molecule has 0 aliphatic heterocycles. The van der Waals surface area contributed by atoms with Gasteiger partial charge in [0, 0.05) is 12.2 Å². The molecule has 7 heteroatoms. The van der Waals surface area contributed by atoms with E-state index in [0.717, 1.165) is 11.1 Å². The minimum Gasteiger partial charge on any atom is -0.489 e. The van der Waals surface area contributed by atoms with Crippen molar-refractivity contribution in [2.75, 3.05) is 18.6 Å². The number of rotatable bonds is 4. The van der Waals surface area contributed by atoms with Crippen molar-refractivity contribution in [1.29, 1.82) is 0 Å². The van der Waals surface area contributed by atoms with Crippen molar-refractivity contribution in [3.63, 3.8) is 0 Å². The Bertz CT molecular complexity index is 831. The summed E-state index contributed by atoms with van der Waals surface area (Å²) in [7, 11) is 1.27. The molecule has 2 N–H and O–H groups in total. The van der Waals surface area contributed by atoms with Crippen molar-refractivity contribution in [2.24, 2.45) is 0 Å². The van der Waals surface area contributed by atoms with Crippen LogP contribution in [0, 0.1) is 13.8 Å². The number of carbonyl (C=O) groups is 1. The van der Waals surface area contributed by atoms with Gasteiger partial charge in [0.1, 0.15) is 0 Å². The van der Waals surface area contributed by atoms with E-state index in [2.05, 4.69) is 4.98 Å². The monoisotopic (exact) mass is 317 g/mol. The molecule has 1 amide bonds. The number of benzene rings is 1.